The van der Waals surface area contributed by atoms with E-state index in [1.807, 2.05) is 31.8 Å². The van der Waals surface area contributed by atoms with Crippen LogP contribution in [0.25, 0.3) is 22.1 Å². The third-order valence-corrected chi connectivity index (χ3v) is 3.22. The summed E-state index contributed by atoms with van der Waals surface area (Å²) in [5.74, 6) is 0. The van der Waals surface area contributed by atoms with Crippen molar-refractivity contribution in [1.29, 1.82) is 0 Å². The van der Waals surface area contributed by atoms with Gasteiger partial charge in [0, 0.05) is 7.05 Å². The first-order valence-corrected chi connectivity index (χ1v) is 5.63. The summed E-state index contributed by atoms with van der Waals surface area (Å²) in [5, 5.41) is 0. The maximum atomic E-state index is 4.62. The van der Waals surface area contributed by atoms with E-state index in [1.165, 1.54) is 5.56 Å². The van der Waals surface area contributed by atoms with Gasteiger partial charge < -0.3 is 4.57 Å². The lowest BCUT2D eigenvalue weighted by atomic mass is 10.1. The summed E-state index contributed by atoms with van der Waals surface area (Å²) in [6, 6.07) is 2.08. The van der Waals surface area contributed by atoms with E-state index in [9.17, 15) is 0 Å². The zero-order valence-corrected chi connectivity index (χ0v) is 10.4. The van der Waals surface area contributed by atoms with Gasteiger partial charge in [0.2, 0.25) is 0 Å². The van der Waals surface area contributed by atoms with Gasteiger partial charge in [-0.25, -0.2) is 15.0 Å². The van der Waals surface area contributed by atoms with Gasteiger partial charge in [-0.15, -0.1) is 0 Å². The highest BCUT2D eigenvalue weighted by Gasteiger charge is 2.11. The molecule has 0 bridgehead atoms. The van der Waals surface area contributed by atoms with E-state index in [-0.39, 0.29) is 0 Å². The van der Waals surface area contributed by atoms with Crippen molar-refractivity contribution in [1.82, 2.24) is 19.5 Å². The second-order valence-electron chi connectivity index (χ2n) is 4.51. The molecule has 0 amide bonds. The van der Waals surface area contributed by atoms with Gasteiger partial charge >= 0.3 is 0 Å². The van der Waals surface area contributed by atoms with Gasteiger partial charge in [-0.3, -0.25) is 0 Å². The highest BCUT2D eigenvalue weighted by molar-refractivity contribution is 6.01. The van der Waals surface area contributed by atoms with Crippen LogP contribution < -0.4 is 0 Å². The van der Waals surface area contributed by atoms with Crippen molar-refractivity contribution in [2.45, 2.75) is 20.8 Å². The molecule has 0 unspecified atom stereocenters. The summed E-state index contributed by atoms with van der Waals surface area (Å²) >= 11 is 0. The predicted molar refractivity (Wildman–Crippen MR) is 68.0 cm³/mol. The Morgan fingerprint density at radius 2 is 1.71 bits per heavy atom. The Kier molecular flexibility index (Phi) is 1.96. The molecule has 0 saturated heterocycles. The topological polar surface area (TPSA) is 43.6 Å². The molecule has 0 radical (unpaired) electrons. The van der Waals surface area contributed by atoms with Crippen molar-refractivity contribution < 1.29 is 0 Å². The molecule has 4 nitrogen and oxygen atoms in total. The van der Waals surface area contributed by atoms with E-state index in [1.54, 1.807) is 0 Å². The number of rotatable bonds is 0. The lowest BCUT2D eigenvalue weighted by molar-refractivity contribution is 0.944. The molecule has 0 spiro atoms. The highest BCUT2D eigenvalue weighted by Crippen LogP contribution is 2.25. The van der Waals surface area contributed by atoms with Gasteiger partial charge in [-0.2, -0.15) is 0 Å². The number of hydrogen-bond acceptors (Lipinski definition) is 3. The molecule has 0 aliphatic heterocycles. The minimum atomic E-state index is 0.898. The molecule has 0 atom stereocenters. The second kappa shape index (κ2) is 3.26. The largest absolute Gasteiger partial charge is 0.333 e. The Morgan fingerprint density at radius 3 is 2.47 bits per heavy atom. The van der Waals surface area contributed by atoms with Crippen LogP contribution in [0.1, 0.15) is 17.0 Å². The Balaban J connectivity index is 2.59. The number of imidazole rings is 1. The average Bonchev–Trinajstić information content (AvgIpc) is 2.65. The summed E-state index contributed by atoms with van der Waals surface area (Å²) in [5.41, 5.74) is 7.03. The normalized spacial score (nSPS) is 11.5. The van der Waals surface area contributed by atoms with E-state index >= 15 is 0 Å². The number of aryl methyl sites for hydroxylation is 4. The quantitative estimate of drug-likeness (QED) is 0.591. The second-order valence-corrected chi connectivity index (χ2v) is 4.51. The molecule has 0 aliphatic carbocycles. The Bertz CT molecular complexity index is 740. The summed E-state index contributed by atoms with van der Waals surface area (Å²) in [4.78, 5) is 13.6. The average molecular weight is 226 g/mol. The lowest BCUT2D eigenvalue weighted by Crippen LogP contribution is -1.96. The molecule has 3 rings (SSSR count). The van der Waals surface area contributed by atoms with Crippen LogP contribution in [0.4, 0.5) is 0 Å². The number of fused-ring (bicyclic) bond motifs is 3. The van der Waals surface area contributed by atoms with Gasteiger partial charge in [0.25, 0.3) is 0 Å². The predicted octanol–water partition coefficient (Wildman–Crippen LogP) is 2.44. The molecule has 2 heterocycles. The number of aromatic nitrogens is 4. The van der Waals surface area contributed by atoms with Crippen molar-refractivity contribution >= 4 is 22.1 Å². The number of benzene rings is 1. The van der Waals surface area contributed by atoms with Crippen molar-refractivity contribution in [2.75, 3.05) is 0 Å². The maximum absolute atomic E-state index is 4.62. The molecule has 1 aromatic carbocycles. The van der Waals surface area contributed by atoms with Crippen molar-refractivity contribution in [3.63, 3.8) is 0 Å². The smallest absolute Gasteiger partial charge is 0.117 e. The van der Waals surface area contributed by atoms with Gasteiger partial charge in [0.15, 0.2) is 0 Å². The molecule has 3 aromatic rings. The Hall–Kier alpha value is -1.97. The van der Waals surface area contributed by atoms with Crippen molar-refractivity contribution in [3.05, 3.63) is 29.3 Å². The number of nitrogens with zero attached hydrogens (tertiary/aromatic N) is 4. The van der Waals surface area contributed by atoms with Crippen LogP contribution in [0.2, 0.25) is 0 Å². The standard InChI is InChI=1S/C13H14N4/c1-7-5-10-11(16-9(3)8(2)15-10)12-13(7)17(4)6-14-12/h5-6H,1-4H3. The van der Waals surface area contributed by atoms with E-state index in [4.69, 9.17) is 0 Å². The first-order chi connectivity index (χ1) is 8.08. The van der Waals surface area contributed by atoms with E-state index in [0.29, 0.717) is 0 Å². The monoisotopic (exact) mass is 226 g/mol. The highest BCUT2D eigenvalue weighted by atomic mass is 15.0. The molecule has 0 aliphatic rings. The third-order valence-electron chi connectivity index (χ3n) is 3.22. The third kappa shape index (κ3) is 1.33. The van der Waals surface area contributed by atoms with Crippen molar-refractivity contribution in [2.24, 2.45) is 7.05 Å². The molecule has 0 saturated carbocycles. The zero-order valence-electron chi connectivity index (χ0n) is 10.4. The zero-order chi connectivity index (χ0) is 12.2. The van der Waals surface area contributed by atoms with Gasteiger partial charge in [-0.05, 0) is 32.4 Å². The summed E-state index contributed by atoms with van der Waals surface area (Å²) in [6.07, 6.45) is 1.83. The van der Waals surface area contributed by atoms with E-state index < -0.39 is 0 Å². The minimum absolute atomic E-state index is 0.898. The van der Waals surface area contributed by atoms with Crippen LogP contribution in [0, 0.1) is 20.8 Å². The van der Waals surface area contributed by atoms with Crippen LogP contribution in [-0.2, 0) is 7.05 Å². The van der Waals surface area contributed by atoms with Gasteiger partial charge in [-0.1, -0.05) is 0 Å². The van der Waals surface area contributed by atoms with Crippen LogP contribution in [0.3, 0.4) is 0 Å². The maximum Gasteiger partial charge on any atom is 0.117 e. The first kappa shape index (κ1) is 10.2. The fraction of sp³-hybridized carbons (Fsp3) is 0.308. The van der Waals surface area contributed by atoms with Crippen LogP contribution in [-0.4, -0.2) is 19.5 Å². The lowest BCUT2D eigenvalue weighted by Gasteiger charge is -2.06. The van der Waals surface area contributed by atoms with Gasteiger partial charge in [0.05, 0.1) is 28.7 Å². The molecule has 0 fully saturated rings. The summed E-state index contributed by atoms with van der Waals surface area (Å²) in [7, 11) is 2.00. The van der Waals surface area contributed by atoms with Crippen LogP contribution in [0.15, 0.2) is 12.4 Å². The van der Waals surface area contributed by atoms with E-state index in [0.717, 1.165) is 33.5 Å². The molecule has 4 heteroatoms. The summed E-state index contributed by atoms with van der Waals surface area (Å²) in [6.45, 7) is 6.05. The van der Waals surface area contributed by atoms with Crippen molar-refractivity contribution in [3.8, 4) is 0 Å². The minimum Gasteiger partial charge on any atom is -0.333 e. The molecule has 17 heavy (non-hydrogen) atoms. The molecular formula is C13H14N4. The van der Waals surface area contributed by atoms with Gasteiger partial charge in [0.1, 0.15) is 11.0 Å². The van der Waals surface area contributed by atoms with Crippen LogP contribution >= 0.6 is 0 Å². The molecule has 0 N–H and O–H groups in total. The summed E-state index contributed by atoms with van der Waals surface area (Å²) < 4.78 is 2.03. The van der Waals surface area contributed by atoms with Crippen LogP contribution in [0.5, 0.6) is 0 Å². The first-order valence-electron chi connectivity index (χ1n) is 5.63. The SMILES string of the molecule is Cc1nc2cc(C)c3c(ncn3C)c2nc1C. The molecule has 86 valence electrons. The fourth-order valence-electron chi connectivity index (χ4n) is 2.24. The Labute approximate surface area is 99.3 Å². The Morgan fingerprint density at radius 1 is 1.00 bits per heavy atom. The number of hydrogen-bond donors (Lipinski definition) is 0. The molecule has 2 aromatic heterocycles. The fourth-order valence-corrected chi connectivity index (χ4v) is 2.24. The molecular weight excluding hydrogens is 212 g/mol. The van der Waals surface area contributed by atoms with E-state index in [2.05, 4.69) is 27.9 Å².